The van der Waals surface area contributed by atoms with E-state index in [0.717, 1.165) is 5.69 Å². The highest BCUT2D eigenvalue weighted by Gasteiger charge is 1.97. The van der Waals surface area contributed by atoms with Crippen molar-refractivity contribution in [1.29, 1.82) is 0 Å². The van der Waals surface area contributed by atoms with Crippen LogP contribution in [0.15, 0.2) is 6.07 Å². The molecule has 1 nitrogen and oxygen atoms in total. The van der Waals surface area contributed by atoms with Crippen LogP contribution in [-0.4, -0.2) is 4.37 Å². The molecule has 2 heteroatoms. The van der Waals surface area contributed by atoms with Gasteiger partial charge in [-0.25, -0.2) is 0 Å². The first kappa shape index (κ1) is 5.76. The van der Waals surface area contributed by atoms with Crippen molar-refractivity contribution in [2.24, 2.45) is 0 Å². The Morgan fingerprint density at radius 2 is 2.50 bits per heavy atom. The van der Waals surface area contributed by atoms with Crippen LogP contribution in [0, 0.1) is 5.38 Å². The zero-order chi connectivity index (χ0) is 5.98. The molecule has 0 aliphatic heterocycles. The van der Waals surface area contributed by atoms with E-state index in [4.69, 9.17) is 0 Å². The third-order valence-corrected chi connectivity index (χ3v) is 1.53. The average molecular weight is 126 g/mol. The third kappa shape index (κ3) is 1.07. The van der Waals surface area contributed by atoms with Crippen molar-refractivity contribution in [2.45, 2.75) is 19.8 Å². The Morgan fingerprint density at radius 3 is 2.75 bits per heavy atom. The topological polar surface area (TPSA) is 12.9 Å². The normalized spacial score (nSPS) is 10.4. The van der Waals surface area contributed by atoms with Crippen molar-refractivity contribution in [1.82, 2.24) is 4.37 Å². The van der Waals surface area contributed by atoms with E-state index in [0.29, 0.717) is 5.92 Å². The van der Waals surface area contributed by atoms with Crippen molar-refractivity contribution >= 4 is 11.5 Å². The summed E-state index contributed by atoms with van der Waals surface area (Å²) in [5, 5.41) is 2.94. The predicted molar refractivity (Wildman–Crippen MR) is 35.0 cm³/mol. The summed E-state index contributed by atoms with van der Waals surface area (Å²) in [7, 11) is 0. The first-order chi connectivity index (χ1) is 3.80. The zero-order valence-corrected chi connectivity index (χ0v) is 5.83. The molecule has 0 fully saturated rings. The molecule has 0 atom stereocenters. The minimum Gasteiger partial charge on any atom is -0.197 e. The van der Waals surface area contributed by atoms with Gasteiger partial charge >= 0.3 is 0 Å². The summed E-state index contributed by atoms with van der Waals surface area (Å²) in [5.74, 6) is 0.553. The highest BCUT2D eigenvalue weighted by atomic mass is 32.1. The molecule has 0 bridgehead atoms. The maximum Gasteiger partial charge on any atom is 0.0668 e. The van der Waals surface area contributed by atoms with Gasteiger partial charge in [-0.05, 0) is 23.5 Å². The van der Waals surface area contributed by atoms with Crippen LogP contribution in [0.4, 0.5) is 0 Å². The highest BCUT2D eigenvalue weighted by molar-refractivity contribution is 7.03. The summed E-state index contributed by atoms with van der Waals surface area (Å²) in [6.45, 7) is 4.26. The van der Waals surface area contributed by atoms with Gasteiger partial charge in [0.15, 0.2) is 0 Å². The van der Waals surface area contributed by atoms with Gasteiger partial charge in [0.1, 0.15) is 0 Å². The summed E-state index contributed by atoms with van der Waals surface area (Å²) < 4.78 is 4.10. The second-order valence-corrected chi connectivity index (χ2v) is 2.63. The van der Waals surface area contributed by atoms with Gasteiger partial charge in [-0.1, -0.05) is 13.8 Å². The molecule has 0 N–H and O–H groups in total. The maximum atomic E-state index is 4.10. The molecular weight excluding hydrogens is 118 g/mol. The Hall–Kier alpha value is -0.370. The summed E-state index contributed by atoms with van der Waals surface area (Å²) in [6, 6.07) is 1.94. The van der Waals surface area contributed by atoms with E-state index >= 15 is 0 Å². The van der Waals surface area contributed by atoms with E-state index < -0.39 is 0 Å². The first-order valence-corrected chi connectivity index (χ1v) is 3.40. The smallest absolute Gasteiger partial charge is 0.0668 e. The largest absolute Gasteiger partial charge is 0.197 e. The summed E-state index contributed by atoms with van der Waals surface area (Å²) in [4.78, 5) is 0. The minimum atomic E-state index is 0.553. The Labute approximate surface area is 53.5 Å². The lowest BCUT2D eigenvalue weighted by atomic mass is 10.1. The van der Waals surface area contributed by atoms with Crippen molar-refractivity contribution < 1.29 is 0 Å². The molecular formula is C6H8NS. The minimum absolute atomic E-state index is 0.553. The molecule has 0 aromatic carbocycles. The van der Waals surface area contributed by atoms with Gasteiger partial charge in [0.05, 0.1) is 11.1 Å². The van der Waals surface area contributed by atoms with Crippen molar-refractivity contribution in [3.8, 4) is 0 Å². The highest BCUT2D eigenvalue weighted by Crippen LogP contribution is 2.11. The molecule has 0 unspecified atom stereocenters. The summed E-state index contributed by atoms with van der Waals surface area (Å²) in [6.07, 6.45) is 0. The molecule has 1 heterocycles. The van der Waals surface area contributed by atoms with Crippen LogP contribution in [0.5, 0.6) is 0 Å². The fraction of sp³-hybridized carbons (Fsp3) is 0.500. The van der Waals surface area contributed by atoms with E-state index in [1.165, 1.54) is 11.5 Å². The van der Waals surface area contributed by atoms with Gasteiger partial charge in [0, 0.05) is 0 Å². The number of aromatic nitrogens is 1. The molecule has 0 saturated heterocycles. The molecule has 43 valence electrons. The van der Waals surface area contributed by atoms with E-state index in [2.05, 4.69) is 23.6 Å². The monoisotopic (exact) mass is 126 g/mol. The summed E-state index contributed by atoms with van der Waals surface area (Å²) in [5.41, 5.74) is 1.15. The van der Waals surface area contributed by atoms with E-state index in [9.17, 15) is 0 Å². The lowest BCUT2D eigenvalue weighted by molar-refractivity contribution is 0.841. The fourth-order valence-corrected chi connectivity index (χ4v) is 1.06. The average Bonchev–Trinajstić information content (AvgIpc) is 2.12. The van der Waals surface area contributed by atoms with Crippen LogP contribution < -0.4 is 0 Å². The van der Waals surface area contributed by atoms with Crippen LogP contribution in [0.3, 0.4) is 0 Å². The van der Waals surface area contributed by atoms with Crippen molar-refractivity contribution in [3.63, 3.8) is 0 Å². The van der Waals surface area contributed by atoms with Crippen LogP contribution in [0.1, 0.15) is 25.5 Å². The molecule has 1 aromatic rings. The molecule has 0 amide bonds. The lowest BCUT2D eigenvalue weighted by Crippen LogP contribution is -1.83. The Morgan fingerprint density at radius 1 is 1.75 bits per heavy atom. The fourth-order valence-electron chi connectivity index (χ4n) is 0.464. The zero-order valence-electron chi connectivity index (χ0n) is 5.01. The molecule has 1 radical (unpaired) electrons. The predicted octanol–water partition coefficient (Wildman–Crippen LogP) is 2.07. The van der Waals surface area contributed by atoms with Gasteiger partial charge < -0.3 is 0 Å². The maximum absolute atomic E-state index is 4.10. The summed E-state index contributed by atoms with van der Waals surface area (Å²) >= 11 is 1.39. The van der Waals surface area contributed by atoms with E-state index in [1.807, 2.05) is 6.07 Å². The molecule has 8 heavy (non-hydrogen) atoms. The van der Waals surface area contributed by atoms with E-state index in [-0.39, 0.29) is 0 Å². The second-order valence-electron chi connectivity index (χ2n) is 2.02. The number of hydrogen-bond acceptors (Lipinski definition) is 2. The second kappa shape index (κ2) is 2.27. The Bertz CT molecular complexity index is 144. The third-order valence-electron chi connectivity index (χ3n) is 1.00. The Balaban J connectivity index is 2.77. The number of nitrogens with zero attached hydrogens (tertiary/aromatic N) is 1. The van der Waals surface area contributed by atoms with Crippen LogP contribution >= 0.6 is 11.5 Å². The van der Waals surface area contributed by atoms with Gasteiger partial charge in [-0.2, -0.15) is 4.37 Å². The van der Waals surface area contributed by atoms with Gasteiger partial charge in [0.2, 0.25) is 0 Å². The van der Waals surface area contributed by atoms with Crippen LogP contribution in [0.25, 0.3) is 0 Å². The lowest BCUT2D eigenvalue weighted by Gasteiger charge is -1.94. The van der Waals surface area contributed by atoms with Gasteiger partial charge in [-0.15, -0.1) is 0 Å². The van der Waals surface area contributed by atoms with Crippen LogP contribution in [0.2, 0.25) is 0 Å². The molecule has 1 aromatic heterocycles. The molecule has 0 saturated carbocycles. The first-order valence-electron chi connectivity index (χ1n) is 2.63. The Kier molecular flexibility index (Phi) is 1.63. The number of hydrogen-bond donors (Lipinski definition) is 0. The van der Waals surface area contributed by atoms with Gasteiger partial charge in [-0.3, -0.25) is 0 Å². The van der Waals surface area contributed by atoms with Gasteiger partial charge in [0.25, 0.3) is 0 Å². The molecule has 1 rings (SSSR count). The molecule has 0 spiro atoms. The van der Waals surface area contributed by atoms with Crippen molar-refractivity contribution in [2.75, 3.05) is 0 Å². The van der Waals surface area contributed by atoms with Crippen molar-refractivity contribution in [3.05, 3.63) is 17.1 Å². The van der Waals surface area contributed by atoms with E-state index in [1.54, 1.807) is 0 Å². The standard InChI is InChI=1S/C6H8NS/c1-5(2)6-3-4-8-7-6/h3,5H,1-2H3. The SMILES string of the molecule is CC(C)c1c[c]sn1. The molecule has 0 aliphatic carbocycles. The van der Waals surface area contributed by atoms with Crippen LogP contribution in [-0.2, 0) is 0 Å². The molecule has 0 aliphatic rings. The quantitative estimate of drug-likeness (QED) is 0.561. The number of rotatable bonds is 1.